The largest absolute Gasteiger partial charge is 0.314 e. The summed E-state index contributed by atoms with van der Waals surface area (Å²) in [6.45, 7) is 10.7. The van der Waals surface area contributed by atoms with Crippen molar-refractivity contribution in [2.24, 2.45) is 0 Å². The Balaban J connectivity index is 3.68. The topological polar surface area (TPSA) is 36.1 Å². The van der Waals surface area contributed by atoms with Crippen LogP contribution in [0.3, 0.4) is 0 Å². The van der Waals surface area contributed by atoms with Crippen LogP contribution in [-0.2, 0) is 0 Å². The van der Waals surface area contributed by atoms with E-state index in [-0.39, 0.29) is 11.1 Å². The lowest BCUT2D eigenvalue weighted by molar-refractivity contribution is 0.343. The average Bonchev–Trinajstić information content (AvgIpc) is 2.04. The zero-order valence-electron chi connectivity index (χ0n) is 9.91. The van der Waals surface area contributed by atoms with Gasteiger partial charge in [0.1, 0.15) is 0 Å². The number of rotatable bonds is 6. The van der Waals surface area contributed by atoms with Crippen molar-refractivity contribution >= 4 is 0 Å². The fraction of sp³-hybridized carbons (Fsp3) is 1.00. The number of nitrogens with one attached hydrogen (secondary N) is 3. The molecule has 0 aromatic rings. The highest BCUT2D eigenvalue weighted by Gasteiger charge is 2.17. The van der Waals surface area contributed by atoms with E-state index in [0.717, 1.165) is 13.1 Å². The van der Waals surface area contributed by atoms with Gasteiger partial charge in [-0.25, -0.2) is 0 Å². The second kappa shape index (κ2) is 4.94. The molecule has 0 unspecified atom stereocenters. The van der Waals surface area contributed by atoms with Crippen molar-refractivity contribution in [3.63, 3.8) is 0 Å². The molecule has 13 heavy (non-hydrogen) atoms. The molecule has 0 saturated carbocycles. The molecule has 0 spiro atoms. The van der Waals surface area contributed by atoms with E-state index in [1.165, 1.54) is 0 Å². The molecule has 0 amide bonds. The predicted molar refractivity (Wildman–Crippen MR) is 59.1 cm³/mol. The van der Waals surface area contributed by atoms with E-state index in [4.69, 9.17) is 0 Å². The Bertz CT molecular complexity index is 125. The Morgan fingerprint density at radius 2 is 1.08 bits per heavy atom. The van der Waals surface area contributed by atoms with Gasteiger partial charge in [0.15, 0.2) is 0 Å². The van der Waals surface area contributed by atoms with E-state index >= 15 is 0 Å². The first kappa shape index (κ1) is 12.9. The molecular formula is C10H25N3. The van der Waals surface area contributed by atoms with E-state index in [0.29, 0.717) is 0 Å². The van der Waals surface area contributed by atoms with Crippen LogP contribution >= 0.6 is 0 Å². The highest BCUT2D eigenvalue weighted by molar-refractivity contribution is 4.83. The van der Waals surface area contributed by atoms with Gasteiger partial charge in [0, 0.05) is 24.2 Å². The van der Waals surface area contributed by atoms with Crippen LogP contribution < -0.4 is 16.0 Å². The van der Waals surface area contributed by atoms with Gasteiger partial charge in [0.2, 0.25) is 0 Å². The molecule has 0 fully saturated rings. The van der Waals surface area contributed by atoms with Gasteiger partial charge in [-0.3, -0.25) is 0 Å². The summed E-state index contributed by atoms with van der Waals surface area (Å²) >= 11 is 0. The van der Waals surface area contributed by atoms with Crippen LogP contribution in [0.4, 0.5) is 0 Å². The molecule has 0 atom stereocenters. The minimum absolute atomic E-state index is 0.170. The van der Waals surface area contributed by atoms with Crippen molar-refractivity contribution in [2.45, 2.75) is 38.8 Å². The Kier molecular flexibility index (Phi) is 4.89. The highest BCUT2D eigenvalue weighted by atomic mass is 15.0. The number of hydrogen-bond donors (Lipinski definition) is 3. The summed E-state index contributed by atoms with van der Waals surface area (Å²) in [7, 11) is 3.98. The van der Waals surface area contributed by atoms with E-state index in [9.17, 15) is 0 Å². The van der Waals surface area contributed by atoms with E-state index in [1.54, 1.807) is 0 Å². The fourth-order valence-corrected chi connectivity index (χ4v) is 0.864. The van der Waals surface area contributed by atoms with Crippen molar-refractivity contribution in [2.75, 3.05) is 27.2 Å². The summed E-state index contributed by atoms with van der Waals surface area (Å²) in [5.41, 5.74) is 0.341. The Morgan fingerprint density at radius 1 is 0.769 bits per heavy atom. The molecule has 3 nitrogen and oxygen atoms in total. The fourth-order valence-electron chi connectivity index (χ4n) is 0.864. The van der Waals surface area contributed by atoms with E-state index < -0.39 is 0 Å². The first-order chi connectivity index (χ1) is 5.83. The quantitative estimate of drug-likeness (QED) is 0.569. The Morgan fingerprint density at radius 3 is 1.31 bits per heavy atom. The molecule has 0 radical (unpaired) electrons. The first-order valence-electron chi connectivity index (χ1n) is 4.91. The highest BCUT2D eigenvalue weighted by Crippen LogP contribution is 2.01. The summed E-state index contributed by atoms with van der Waals surface area (Å²) < 4.78 is 0. The van der Waals surface area contributed by atoms with Crippen LogP contribution in [0.1, 0.15) is 27.7 Å². The zero-order chi connectivity index (χ0) is 10.5. The molecule has 0 aromatic carbocycles. The van der Waals surface area contributed by atoms with Crippen LogP contribution in [0.25, 0.3) is 0 Å². The van der Waals surface area contributed by atoms with Crippen molar-refractivity contribution in [1.82, 2.24) is 16.0 Å². The first-order valence-corrected chi connectivity index (χ1v) is 4.91. The standard InChI is InChI=1S/C10H25N3/c1-9(2,11-5)7-13-8-10(3,4)12-6/h11-13H,7-8H2,1-6H3. The summed E-state index contributed by atoms with van der Waals surface area (Å²) in [6.07, 6.45) is 0. The smallest absolute Gasteiger partial charge is 0.0246 e. The van der Waals surface area contributed by atoms with Crippen molar-refractivity contribution in [3.05, 3.63) is 0 Å². The third-order valence-electron chi connectivity index (χ3n) is 2.49. The van der Waals surface area contributed by atoms with Crippen LogP contribution in [0.5, 0.6) is 0 Å². The average molecular weight is 187 g/mol. The lowest BCUT2D eigenvalue weighted by Crippen LogP contribution is -2.51. The SMILES string of the molecule is CNC(C)(C)CNCC(C)(C)NC. The van der Waals surface area contributed by atoms with Gasteiger partial charge in [-0.1, -0.05) is 0 Å². The van der Waals surface area contributed by atoms with Crippen molar-refractivity contribution in [3.8, 4) is 0 Å². The number of likely N-dealkylation sites (N-methyl/N-ethyl adjacent to an activating group) is 2. The lowest BCUT2D eigenvalue weighted by atomic mass is 10.0. The van der Waals surface area contributed by atoms with Gasteiger partial charge in [0.25, 0.3) is 0 Å². The van der Waals surface area contributed by atoms with E-state index in [1.807, 2.05) is 14.1 Å². The molecule has 3 N–H and O–H groups in total. The van der Waals surface area contributed by atoms with Gasteiger partial charge in [-0.2, -0.15) is 0 Å². The lowest BCUT2D eigenvalue weighted by Gasteiger charge is -2.29. The minimum Gasteiger partial charge on any atom is -0.314 e. The maximum atomic E-state index is 3.44. The summed E-state index contributed by atoms with van der Waals surface area (Å²) in [5.74, 6) is 0. The van der Waals surface area contributed by atoms with E-state index in [2.05, 4.69) is 43.6 Å². The van der Waals surface area contributed by atoms with Gasteiger partial charge < -0.3 is 16.0 Å². The molecule has 0 rings (SSSR count). The maximum Gasteiger partial charge on any atom is 0.0246 e. The molecule has 0 aliphatic heterocycles. The Labute approximate surface area is 82.7 Å². The minimum atomic E-state index is 0.170. The van der Waals surface area contributed by atoms with Gasteiger partial charge >= 0.3 is 0 Å². The third-order valence-corrected chi connectivity index (χ3v) is 2.49. The molecule has 80 valence electrons. The third kappa shape index (κ3) is 6.02. The molecule has 0 aliphatic carbocycles. The second-order valence-electron chi connectivity index (χ2n) is 4.87. The van der Waals surface area contributed by atoms with Crippen LogP contribution in [0.2, 0.25) is 0 Å². The Hall–Kier alpha value is -0.120. The van der Waals surface area contributed by atoms with Gasteiger partial charge in [0.05, 0.1) is 0 Å². The molecule has 0 aliphatic rings. The molecule has 0 aromatic heterocycles. The summed E-state index contributed by atoms with van der Waals surface area (Å²) in [4.78, 5) is 0. The molecule has 0 saturated heterocycles. The molecule has 0 bridgehead atoms. The van der Waals surface area contributed by atoms with Crippen LogP contribution in [0, 0.1) is 0 Å². The number of hydrogen-bond acceptors (Lipinski definition) is 3. The van der Waals surface area contributed by atoms with Crippen molar-refractivity contribution in [1.29, 1.82) is 0 Å². The normalized spacial score (nSPS) is 13.4. The molecule has 3 heteroatoms. The van der Waals surface area contributed by atoms with Crippen LogP contribution in [0.15, 0.2) is 0 Å². The molecule has 0 heterocycles. The summed E-state index contributed by atoms with van der Waals surface area (Å²) in [6, 6.07) is 0. The van der Waals surface area contributed by atoms with Crippen LogP contribution in [-0.4, -0.2) is 38.3 Å². The van der Waals surface area contributed by atoms with Gasteiger partial charge in [-0.15, -0.1) is 0 Å². The van der Waals surface area contributed by atoms with Gasteiger partial charge in [-0.05, 0) is 41.8 Å². The molecular weight excluding hydrogens is 162 g/mol. The second-order valence-corrected chi connectivity index (χ2v) is 4.87. The summed E-state index contributed by atoms with van der Waals surface area (Å²) in [5, 5.41) is 9.97. The zero-order valence-corrected chi connectivity index (χ0v) is 9.91. The monoisotopic (exact) mass is 187 g/mol. The maximum absolute atomic E-state index is 3.44. The predicted octanol–water partition coefficient (Wildman–Crippen LogP) is 0.572. The van der Waals surface area contributed by atoms with Crippen molar-refractivity contribution < 1.29 is 0 Å².